The van der Waals surface area contributed by atoms with E-state index in [2.05, 4.69) is 19.9 Å². The average Bonchev–Trinajstić information content (AvgIpc) is 2.64. The molecule has 0 aliphatic carbocycles. The molecule has 1 aromatic carbocycles. The second-order valence-corrected chi connectivity index (χ2v) is 5.62. The third-order valence-corrected chi connectivity index (χ3v) is 3.56. The van der Waals surface area contributed by atoms with Gasteiger partial charge in [-0.3, -0.25) is 0 Å². The first kappa shape index (κ1) is 17.1. The second kappa shape index (κ2) is 7.90. The Morgan fingerprint density at radius 2 is 1.76 bits per heavy atom. The van der Waals surface area contributed by atoms with Gasteiger partial charge in [-0.1, -0.05) is 36.7 Å². The first-order chi connectivity index (χ1) is 12.2. The molecule has 0 unspecified atom stereocenters. The Morgan fingerprint density at radius 3 is 2.48 bits per heavy atom. The Bertz CT molecular complexity index is 859. The third-order valence-electron chi connectivity index (χ3n) is 3.31. The molecular formula is C18H17ClN4O2. The minimum atomic E-state index is 0.145. The molecule has 3 rings (SSSR count). The zero-order valence-corrected chi connectivity index (χ0v) is 14.7. The van der Waals surface area contributed by atoms with E-state index in [1.54, 1.807) is 18.5 Å². The summed E-state index contributed by atoms with van der Waals surface area (Å²) >= 11 is 6.35. The monoisotopic (exact) mass is 356 g/mol. The average molecular weight is 357 g/mol. The highest BCUT2D eigenvalue weighted by atomic mass is 35.5. The fourth-order valence-corrected chi connectivity index (χ4v) is 2.28. The summed E-state index contributed by atoms with van der Waals surface area (Å²) < 4.78 is 11.7. The van der Waals surface area contributed by atoms with Crippen LogP contribution in [-0.2, 0) is 0 Å². The number of aryl methyl sites for hydroxylation is 1. The number of benzene rings is 1. The van der Waals surface area contributed by atoms with E-state index in [-0.39, 0.29) is 22.6 Å². The zero-order valence-electron chi connectivity index (χ0n) is 13.9. The van der Waals surface area contributed by atoms with Crippen molar-refractivity contribution in [3.05, 3.63) is 53.4 Å². The van der Waals surface area contributed by atoms with Crippen LogP contribution >= 0.6 is 11.6 Å². The predicted molar refractivity (Wildman–Crippen MR) is 95.1 cm³/mol. The van der Waals surface area contributed by atoms with Gasteiger partial charge in [0.15, 0.2) is 11.0 Å². The topological polar surface area (TPSA) is 70.0 Å². The summed E-state index contributed by atoms with van der Waals surface area (Å²) in [7, 11) is 0. The van der Waals surface area contributed by atoms with Crippen molar-refractivity contribution >= 4 is 11.6 Å². The Kier molecular flexibility index (Phi) is 5.40. The summed E-state index contributed by atoms with van der Waals surface area (Å²) in [5.41, 5.74) is 0.968. The number of hydrogen-bond acceptors (Lipinski definition) is 6. The molecule has 128 valence electrons. The molecule has 2 heterocycles. The first-order valence-corrected chi connectivity index (χ1v) is 8.28. The summed E-state index contributed by atoms with van der Waals surface area (Å²) in [5, 5.41) is 0.145. The van der Waals surface area contributed by atoms with E-state index in [9.17, 15) is 0 Å². The Morgan fingerprint density at radius 1 is 1.00 bits per heavy atom. The molecule has 6 nitrogen and oxygen atoms in total. The number of aromatic nitrogens is 4. The second-order valence-electron chi connectivity index (χ2n) is 5.26. The van der Waals surface area contributed by atoms with Crippen molar-refractivity contribution in [2.24, 2.45) is 0 Å². The lowest BCUT2D eigenvalue weighted by Crippen LogP contribution is -2.04. The van der Waals surface area contributed by atoms with Crippen LogP contribution in [0, 0.1) is 6.92 Å². The van der Waals surface area contributed by atoms with Gasteiger partial charge in [0.25, 0.3) is 5.88 Å². The van der Waals surface area contributed by atoms with Crippen molar-refractivity contribution in [1.82, 2.24) is 19.9 Å². The minimum Gasteiger partial charge on any atom is -0.475 e. The van der Waals surface area contributed by atoms with Crippen LogP contribution in [0.4, 0.5) is 0 Å². The fraction of sp³-hybridized carbons (Fsp3) is 0.222. The van der Waals surface area contributed by atoms with Gasteiger partial charge in [-0.05, 0) is 31.0 Å². The van der Waals surface area contributed by atoms with Crippen molar-refractivity contribution in [3.63, 3.8) is 0 Å². The van der Waals surface area contributed by atoms with E-state index in [4.69, 9.17) is 21.1 Å². The lowest BCUT2D eigenvalue weighted by atomic mass is 10.2. The Labute approximate surface area is 150 Å². The molecule has 0 spiro atoms. The van der Waals surface area contributed by atoms with Gasteiger partial charge in [-0.15, -0.1) is 0 Å². The number of ether oxygens (including phenoxy) is 2. The van der Waals surface area contributed by atoms with Crippen LogP contribution in [0.25, 0.3) is 11.6 Å². The molecule has 0 atom stereocenters. The van der Waals surface area contributed by atoms with Crippen LogP contribution < -0.4 is 9.47 Å². The largest absolute Gasteiger partial charge is 0.475 e. The quantitative estimate of drug-likeness (QED) is 0.606. The van der Waals surface area contributed by atoms with Crippen molar-refractivity contribution in [2.75, 3.05) is 6.61 Å². The SMILES string of the molecule is CCCOc1nc(-c2ncccn2)nc(Cl)c1Oc1ccccc1C. The van der Waals surface area contributed by atoms with Gasteiger partial charge in [-0.2, -0.15) is 4.98 Å². The van der Waals surface area contributed by atoms with Crippen molar-refractivity contribution in [3.8, 4) is 29.0 Å². The lowest BCUT2D eigenvalue weighted by molar-refractivity contribution is 0.289. The highest BCUT2D eigenvalue weighted by Crippen LogP contribution is 2.38. The molecule has 0 N–H and O–H groups in total. The van der Waals surface area contributed by atoms with Gasteiger partial charge < -0.3 is 9.47 Å². The number of rotatable bonds is 6. The van der Waals surface area contributed by atoms with Gasteiger partial charge in [0, 0.05) is 12.4 Å². The van der Waals surface area contributed by atoms with Crippen LogP contribution in [0.5, 0.6) is 17.4 Å². The van der Waals surface area contributed by atoms with Crippen molar-refractivity contribution in [1.29, 1.82) is 0 Å². The van der Waals surface area contributed by atoms with E-state index in [1.165, 1.54) is 0 Å². The molecule has 7 heteroatoms. The molecule has 0 radical (unpaired) electrons. The molecule has 25 heavy (non-hydrogen) atoms. The molecule has 0 aliphatic rings. The van der Waals surface area contributed by atoms with E-state index >= 15 is 0 Å². The summed E-state index contributed by atoms with van der Waals surface area (Å²) in [4.78, 5) is 17.0. The van der Waals surface area contributed by atoms with Crippen LogP contribution in [0.15, 0.2) is 42.7 Å². The maximum atomic E-state index is 6.35. The summed E-state index contributed by atoms with van der Waals surface area (Å²) in [5.74, 6) is 1.87. The van der Waals surface area contributed by atoms with Gasteiger partial charge in [0.2, 0.25) is 11.6 Å². The Hall–Kier alpha value is -2.73. The first-order valence-electron chi connectivity index (χ1n) is 7.90. The molecule has 0 saturated heterocycles. The van der Waals surface area contributed by atoms with E-state index in [1.807, 2.05) is 38.1 Å². The van der Waals surface area contributed by atoms with Crippen LogP contribution in [0.3, 0.4) is 0 Å². The summed E-state index contributed by atoms with van der Waals surface area (Å²) in [6.45, 7) is 4.43. The molecule has 2 aromatic heterocycles. The number of hydrogen-bond donors (Lipinski definition) is 0. The molecule has 0 aliphatic heterocycles. The molecule has 0 saturated carbocycles. The third kappa shape index (κ3) is 4.03. The van der Waals surface area contributed by atoms with Gasteiger partial charge in [0.05, 0.1) is 6.61 Å². The minimum absolute atomic E-state index is 0.145. The van der Waals surface area contributed by atoms with E-state index in [0.29, 0.717) is 18.2 Å². The number of nitrogens with zero attached hydrogens (tertiary/aromatic N) is 4. The van der Waals surface area contributed by atoms with Gasteiger partial charge in [0.1, 0.15) is 5.75 Å². The van der Waals surface area contributed by atoms with E-state index < -0.39 is 0 Å². The van der Waals surface area contributed by atoms with E-state index in [0.717, 1.165) is 12.0 Å². The van der Waals surface area contributed by atoms with Crippen LogP contribution in [0.1, 0.15) is 18.9 Å². The molecule has 3 aromatic rings. The maximum Gasteiger partial charge on any atom is 0.263 e. The fourth-order valence-electron chi connectivity index (χ4n) is 2.08. The highest BCUT2D eigenvalue weighted by Gasteiger charge is 2.19. The summed E-state index contributed by atoms with van der Waals surface area (Å²) in [6.07, 6.45) is 4.05. The highest BCUT2D eigenvalue weighted by molar-refractivity contribution is 6.31. The smallest absolute Gasteiger partial charge is 0.263 e. The molecular weight excluding hydrogens is 340 g/mol. The lowest BCUT2D eigenvalue weighted by Gasteiger charge is -2.14. The van der Waals surface area contributed by atoms with Crippen molar-refractivity contribution in [2.45, 2.75) is 20.3 Å². The standard InChI is InChI=1S/C18H17ClN4O2/c1-3-11-24-18-14(25-13-8-5-4-7-12(13)2)15(19)22-17(23-18)16-20-9-6-10-21-16/h4-10H,3,11H2,1-2H3. The number of halogens is 1. The van der Waals surface area contributed by atoms with Crippen LogP contribution in [0.2, 0.25) is 5.15 Å². The molecule has 0 fully saturated rings. The zero-order chi connectivity index (χ0) is 17.6. The van der Waals surface area contributed by atoms with Gasteiger partial charge in [-0.25, -0.2) is 15.0 Å². The predicted octanol–water partition coefficient (Wildman–Crippen LogP) is 4.48. The summed E-state index contributed by atoms with van der Waals surface area (Å²) in [6, 6.07) is 9.34. The van der Waals surface area contributed by atoms with Crippen molar-refractivity contribution < 1.29 is 9.47 Å². The normalized spacial score (nSPS) is 10.5. The number of para-hydroxylation sites is 1. The molecule has 0 bridgehead atoms. The molecule has 0 amide bonds. The maximum absolute atomic E-state index is 6.35. The van der Waals surface area contributed by atoms with Crippen LogP contribution in [-0.4, -0.2) is 26.5 Å². The Balaban J connectivity index is 2.03. The van der Waals surface area contributed by atoms with Gasteiger partial charge >= 0.3 is 0 Å².